The number of hydrogen-bond acceptors (Lipinski definition) is 6. The van der Waals surface area contributed by atoms with Crippen molar-refractivity contribution in [2.75, 3.05) is 33.3 Å². The van der Waals surface area contributed by atoms with E-state index in [1.807, 2.05) is 0 Å². The number of nitrogens with one attached hydrogen (secondary N) is 1. The molecule has 1 aromatic heterocycles. The molecule has 1 fully saturated rings. The Morgan fingerprint density at radius 3 is 2.76 bits per heavy atom. The minimum atomic E-state index is -0.0801. The molecule has 0 bridgehead atoms. The van der Waals surface area contributed by atoms with Gasteiger partial charge in [0.25, 0.3) is 0 Å². The van der Waals surface area contributed by atoms with Gasteiger partial charge in [-0.1, -0.05) is 25.9 Å². The molecular weight excluding hydrogens is 268 g/mol. The predicted molar refractivity (Wildman–Crippen MR) is 81.2 cm³/mol. The van der Waals surface area contributed by atoms with Gasteiger partial charge in [-0.3, -0.25) is 0 Å². The Labute approximate surface area is 127 Å². The van der Waals surface area contributed by atoms with Crippen LogP contribution in [0.25, 0.3) is 0 Å². The summed E-state index contributed by atoms with van der Waals surface area (Å²) in [6.07, 6.45) is -0.0801. The van der Waals surface area contributed by atoms with E-state index in [9.17, 15) is 0 Å². The average Bonchev–Trinajstić information content (AvgIpc) is 2.88. The topological polar surface area (TPSA) is 63.4 Å². The molecule has 1 N–H and O–H groups in total. The van der Waals surface area contributed by atoms with E-state index < -0.39 is 0 Å². The monoisotopic (exact) mass is 296 g/mol. The Morgan fingerprint density at radius 2 is 2.14 bits per heavy atom. The van der Waals surface area contributed by atoms with E-state index in [-0.39, 0.29) is 12.0 Å². The molecule has 0 aliphatic carbocycles. The molecule has 0 aromatic carbocycles. The van der Waals surface area contributed by atoms with Crippen molar-refractivity contribution in [1.82, 2.24) is 20.4 Å². The molecule has 0 radical (unpaired) electrons. The van der Waals surface area contributed by atoms with Crippen LogP contribution in [-0.4, -0.2) is 54.4 Å². The van der Waals surface area contributed by atoms with Crippen LogP contribution in [0.4, 0.5) is 0 Å². The Hall–Kier alpha value is -0.980. The van der Waals surface area contributed by atoms with Crippen LogP contribution in [0.2, 0.25) is 0 Å². The van der Waals surface area contributed by atoms with Gasteiger partial charge in [0, 0.05) is 19.1 Å². The second-order valence-corrected chi connectivity index (χ2v) is 6.23. The summed E-state index contributed by atoms with van der Waals surface area (Å²) < 4.78 is 11.3. The van der Waals surface area contributed by atoms with Crippen LogP contribution in [0.5, 0.6) is 0 Å². The molecule has 2 rings (SSSR count). The summed E-state index contributed by atoms with van der Waals surface area (Å²) in [5.74, 6) is 2.03. The van der Waals surface area contributed by atoms with Gasteiger partial charge in [-0.05, 0) is 26.4 Å². The van der Waals surface area contributed by atoms with Crippen molar-refractivity contribution in [3.8, 4) is 0 Å². The standard InChI is InChI=1S/C15H28N4O2/c1-6-16-11(4)13(10(2)3)15-17-14(18-21-15)12-9-19(5)7-8-20-12/h10-13,16H,6-9H2,1-5H3. The summed E-state index contributed by atoms with van der Waals surface area (Å²) in [6.45, 7) is 12.1. The quantitative estimate of drug-likeness (QED) is 0.864. The third-order valence-electron chi connectivity index (χ3n) is 4.08. The fourth-order valence-electron chi connectivity index (χ4n) is 2.97. The molecule has 3 atom stereocenters. The second kappa shape index (κ2) is 7.33. The predicted octanol–water partition coefficient (Wildman–Crippen LogP) is 1.81. The Bertz CT molecular complexity index is 435. The van der Waals surface area contributed by atoms with Crippen molar-refractivity contribution in [3.63, 3.8) is 0 Å². The van der Waals surface area contributed by atoms with Crippen LogP contribution < -0.4 is 5.32 Å². The minimum Gasteiger partial charge on any atom is -0.367 e. The Kier molecular flexibility index (Phi) is 5.72. The Balaban J connectivity index is 2.12. The zero-order valence-corrected chi connectivity index (χ0v) is 13.8. The molecule has 2 heterocycles. The van der Waals surface area contributed by atoms with Crippen LogP contribution in [0.3, 0.4) is 0 Å². The number of morpholine rings is 1. The SMILES string of the molecule is CCNC(C)C(c1nc(C2CN(C)CCO2)no1)C(C)C. The largest absolute Gasteiger partial charge is 0.367 e. The zero-order valence-electron chi connectivity index (χ0n) is 13.8. The summed E-state index contributed by atoms with van der Waals surface area (Å²) in [6, 6.07) is 0.304. The van der Waals surface area contributed by atoms with Crippen LogP contribution >= 0.6 is 0 Å². The number of rotatable bonds is 6. The van der Waals surface area contributed by atoms with Gasteiger partial charge in [-0.15, -0.1) is 0 Å². The summed E-state index contributed by atoms with van der Waals surface area (Å²) in [5.41, 5.74) is 0. The van der Waals surface area contributed by atoms with Gasteiger partial charge < -0.3 is 19.5 Å². The average molecular weight is 296 g/mol. The first-order chi connectivity index (χ1) is 10.0. The lowest BCUT2D eigenvalue weighted by Gasteiger charge is -2.28. The highest BCUT2D eigenvalue weighted by Gasteiger charge is 2.30. The maximum atomic E-state index is 5.75. The van der Waals surface area contributed by atoms with Gasteiger partial charge in [-0.2, -0.15) is 4.98 Å². The maximum absolute atomic E-state index is 5.75. The van der Waals surface area contributed by atoms with Crippen molar-refractivity contribution >= 4 is 0 Å². The molecule has 1 saturated heterocycles. The van der Waals surface area contributed by atoms with E-state index in [2.05, 4.69) is 55.1 Å². The molecule has 120 valence electrons. The van der Waals surface area contributed by atoms with Gasteiger partial charge in [0.2, 0.25) is 11.7 Å². The summed E-state index contributed by atoms with van der Waals surface area (Å²) in [7, 11) is 2.08. The van der Waals surface area contributed by atoms with Crippen LogP contribution in [0.15, 0.2) is 4.52 Å². The molecule has 0 amide bonds. The minimum absolute atomic E-state index is 0.0801. The second-order valence-electron chi connectivity index (χ2n) is 6.23. The first kappa shape index (κ1) is 16.4. The highest BCUT2D eigenvalue weighted by molar-refractivity contribution is 5.02. The molecule has 0 spiro atoms. The molecule has 3 unspecified atom stereocenters. The Morgan fingerprint density at radius 1 is 1.38 bits per heavy atom. The van der Waals surface area contributed by atoms with Crippen LogP contribution in [-0.2, 0) is 4.74 Å². The molecule has 1 aliphatic rings. The normalized spacial score (nSPS) is 23.4. The van der Waals surface area contributed by atoms with Gasteiger partial charge in [0.1, 0.15) is 6.10 Å². The van der Waals surface area contributed by atoms with Crippen molar-refractivity contribution in [2.24, 2.45) is 5.92 Å². The smallest absolute Gasteiger partial charge is 0.231 e. The van der Waals surface area contributed by atoms with E-state index >= 15 is 0 Å². The number of hydrogen-bond donors (Lipinski definition) is 1. The van der Waals surface area contributed by atoms with Gasteiger partial charge >= 0.3 is 0 Å². The lowest BCUT2D eigenvalue weighted by molar-refractivity contribution is -0.0264. The molecule has 1 aliphatic heterocycles. The molecule has 21 heavy (non-hydrogen) atoms. The molecule has 6 heteroatoms. The first-order valence-electron chi connectivity index (χ1n) is 7.90. The van der Waals surface area contributed by atoms with Gasteiger partial charge in [-0.25, -0.2) is 0 Å². The van der Waals surface area contributed by atoms with E-state index in [4.69, 9.17) is 9.26 Å². The van der Waals surface area contributed by atoms with E-state index in [0.717, 1.165) is 19.6 Å². The summed E-state index contributed by atoms with van der Waals surface area (Å²) in [4.78, 5) is 6.85. The van der Waals surface area contributed by atoms with Crippen molar-refractivity contribution in [1.29, 1.82) is 0 Å². The summed E-state index contributed by atoms with van der Waals surface area (Å²) >= 11 is 0. The fraction of sp³-hybridized carbons (Fsp3) is 0.867. The number of nitrogens with zero attached hydrogens (tertiary/aromatic N) is 3. The maximum Gasteiger partial charge on any atom is 0.231 e. The highest BCUT2D eigenvalue weighted by atomic mass is 16.5. The lowest BCUT2D eigenvalue weighted by atomic mass is 9.89. The van der Waals surface area contributed by atoms with Gasteiger partial charge in [0.05, 0.1) is 12.5 Å². The van der Waals surface area contributed by atoms with Crippen LogP contribution in [0.1, 0.15) is 51.4 Å². The third-order valence-corrected chi connectivity index (χ3v) is 4.08. The van der Waals surface area contributed by atoms with Crippen molar-refractivity contribution < 1.29 is 9.26 Å². The van der Waals surface area contributed by atoms with E-state index in [1.165, 1.54) is 0 Å². The molecule has 1 aromatic rings. The number of likely N-dealkylation sites (N-methyl/N-ethyl adjacent to an activating group) is 2. The zero-order chi connectivity index (χ0) is 15.4. The van der Waals surface area contributed by atoms with E-state index in [1.54, 1.807) is 0 Å². The summed E-state index contributed by atoms with van der Waals surface area (Å²) in [5, 5.41) is 7.61. The van der Waals surface area contributed by atoms with Crippen LogP contribution in [0, 0.1) is 5.92 Å². The highest BCUT2D eigenvalue weighted by Crippen LogP contribution is 2.28. The molecule has 6 nitrogen and oxygen atoms in total. The molecule has 0 saturated carbocycles. The fourth-order valence-corrected chi connectivity index (χ4v) is 2.97. The lowest BCUT2D eigenvalue weighted by Crippen LogP contribution is -2.36. The van der Waals surface area contributed by atoms with Crippen molar-refractivity contribution in [2.45, 2.75) is 45.8 Å². The molecular formula is C15H28N4O2. The first-order valence-corrected chi connectivity index (χ1v) is 7.90. The number of ether oxygens (including phenoxy) is 1. The number of aromatic nitrogens is 2. The van der Waals surface area contributed by atoms with E-state index in [0.29, 0.717) is 30.3 Å². The van der Waals surface area contributed by atoms with Crippen molar-refractivity contribution in [3.05, 3.63) is 11.7 Å². The van der Waals surface area contributed by atoms with Gasteiger partial charge in [0.15, 0.2) is 0 Å². The third kappa shape index (κ3) is 4.02.